The summed E-state index contributed by atoms with van der Waals surface area (Å²) in [7, 11) is 0. The molecule has 0 saturated heterocycles. The van der Waals surface area contributed by atoms with Gasteiger partial charge in [-0.15, -0.1) is 0 Å². The molecule has 1 atom stereocenters. The van der Waals surface area contributed by atoms with E-state index in [1.165, 1.54) is 11.1 Å². The standard InChI is InChI=1S/C11H12N2/c1-8-10-4-2-3-9(7-12)11(10)5-6-13-8/h2-4,8,13H,5-6H2,1H3. The molecule has 0 amide bonds. The molecular formula is C11H12N2. The zero-order chi connectivity index (χ0) is 9.26. The number of fused-ring (bicyclic) bond motifs is 1. The molecule has 1 unspecified atom stereocenters. The summed E-state index contributed by atoms with van der Waals surface area (Å²) in [4.78, 5) is 0. The van der Waals surface area contributed by atoms with E-state index >= 15 is 0 Å². The van der Waals surface area contributed by atoms with Gasteiger partial charge in [0.25, 0.3) is 0 Å². The molecule has 66 valence electrons. The lowest BCUT2D eigenvalue weighted by molar-refractivity contribution is 0.540. The number of nitrogens with one attached hydrogen (secondary N) is 1. The van der Waals surface area contributed by atoms with Crippen molar-refractivity contribution in [3.05, 3.63) is 34.9 Å². The fraction of sp³-hybridized carbons (Fsp3) is 0.364. The first-order valence-electron chi connectivity index (χ1n) is 4.58. The predicted octanol–water partition coefficient (Wildman–Crippen LogP) is 1.76. The summed E-state index contributed by atoms with van der Waals surface area (Å²) < 4.78 is 0. The van der Waals surface area contributed by atoms with Crippen molar-refractivity contribution in [2.75, 3.05) is 6.54 Å². The van der Waals surface area contributed by atoms with Crippen LogP contribution in [0.15, 0.2) is 18.2 Å². The first-order chi connectivity index (χ1) is 6.33. The van der Waals surface area contributed by atoms with E-state index in [1.54, 1.807) is 0 Å². The van der Waals surface area contributed by atoms with Crippen molar-refractivity contribution in [2.45, 2.75) is 19.4 Å². The molecule has 0 saturated carbocycles. The SMILES string of the molecule is CC1NCCc2c(C#N)cccc21. The smallest absolute Gasteiger partial charge is 0.0994 e. The normalized spacial score (nSPS) is 20.5. The van der Waals surface area contributed by atoms with Gasteiger partial charge in [-0.2, -0.15) is 5.26 Å². The van der Waals surface area contributed by atoms with E-state index in [9.17, 15) is 0 Å². The lowest BCUT2D eigenvalue weighted by Crippen LogP contribution is -2.28. The van der Waals surface area contributed by atoms with Crippen molar-refractivity contribution in [1.82, 2.24) is 5.32 Å². The van der Waals surface area contributed by atoms with Crippen LogP contribution in [0.25, 0.3) is 0 Å². The van der Waals surface area contributed by atoms with Gasteiger partial charge >= 0.3 is 0 Å². The van der Waals surface area contributed by atoms with Crippen molar-refractivity contribution in [1.29, 1.82) is 5.26 Å². The van der Waals surface area contributed by atoms with E-state index in [-0.39, 0.29) is 0 Å². The zero-order valence-corrected chi connectivity index (χ0v) is 7.67. The van der Waals surface area contributed by atoms with Gasteiger partial charge in [0.1, 0.15) is 0 Å². The quantitative estimate of drug-likeness (QED) is 0.647. The second-order valence-corrected chi connectivity index (χ2v) is 3.41. The monoisotopic (exact) mass is 172 g/mol. The summed E-state index contributed by atoms with van der Waals surface area (Å²) in [5.41, 5.74) is 3.35. The Morgan fingerprint density at radius 1 is 1.54 bits per heavy atom. The summed E-state index contributed by atoms with van der Waals surface area (Å²) >= 11 is 0. The third-order valence-corrected chi connectivity index (χ3v) is 2.62. The maximum atomic E-state index is 8.91. The maximum absolute atomic E-state index is 8.91. The fourth-order valence-corrected chi connectivity index (χ4v) is 1.92. The van der Waals surface area contributed by atoms with Gasteiger partial charge in [-0.25, -0.2) is 0 Å². The van der Waals surface area contributed by atoms with Crippen LogP contribution in [0.2, 0.25) is 0 Å². The lowest BCUT2D eigenvalue weighted by Gasteiger charge is -2.24. The van der Waals surface area contributed by atoms with Gasteiger partial charge in [0, 0.05) is 6.04 Å². The summed E-state index contributed by atoms with van der Waals surface area (Å²) in [6.07, 6.45) is 0.976. The second kappa shape index (κ2) is 3.20. The Labute approximate surface area is 78.2 Å². The summed E-state index contributed by atoms with van der Waals surface area (Å²) in [5, 5.41) is 12.3. The van der Waals surface area contributed by atoms with Gasteiger partial charge in [-0.3, -0.25) is 0 Å². The summed E-state index contributed by atoms with van der Waals surface area (Å²) in [6.45, 7) is 3.12. The van der Waals surface area contributed by atoms with Crippen molar-refractivity contribution in [3.63, 3.8) is 0 Å². The van der Waals surface area contributed by atoms with E-state index < -0.39 is 0 Å². The largest absolute Gasteiger partial charge is 0.310 e. The van der Waals surface area contributed by atoms with Crippen molar-refractivity contribution in [2.24, 2.45) is 0 Å². The topological polar surface area (TPSA) is 35.8 Å². The third kappa shape index (κ3) is 1.32. The number of rotatable bonds is 0. The van der Waals surface area contributed by atoms with Crippen molar-refractivity contribution >= 4 is 0 Å². The van der Waals surface area contributed by atoms with Crippen LogP contribution in [-0.4, -0.2) is 6.54 Å². The number of benzene rings is 1. The van der Waals surface area contributed by atoms with Gasteiger partial charge in [0.2, 0.25) is 0 Å². The van der Waals surface area contributed by atoms with Gasteiger partial charge in [-0.05, 0) is 37.1 Å². The molecule has 0 radical (unpaired) electrons. The zero-order valence-electron chi connectivity index (χ0n) is 7.67. The molecule has 0 bridgehead atoms. The predicted molar refractivity (Wildman–Crippen MR) is 51.3 cm³/mol. The molecule has 1 aliphatic rings. The highest BCUT2D eigenvalue weighted by Crippen LogP contribution is 2.24. The maximum Gasteiger partial charge on any atom is 0.0994 e. The number of hydrogen-bond donors (Lipinski definition) is 1. The molecule has 1 aromatic carbocycles. The third-order valence-electron chi connectivity index (χ3n) is 2.62. The highest BCUT2D eigenvalue weighted by atomic mass is 14.9. The Morgan fingerprint density at radius 2 is 2.38 bits per heavy atom. The van der Waals surface area contributed by atoms with Crippen LogP contribution in [-0.2, 0) is 6.42 Å². The van der Waals surface area contributed by atoms with Crippen molar-refractivity contribution < 1.29 is 0 Å². The molecule has 1 heterocycles. The first-order valence-corrected chi connectivity index (χ1v) is 4.58. The summed E-state index contributed by atoms with van der Waals surface area (Å²) in [6, 6.07) is 8.60. The van der Waals surface area contributed by atoms with E-state index in [0.717, 1.165) is 18.5 Å². The van der Waals surface area contributed by atoms with E-state index in [1.807, 2.05) is 12.1 Å². The molecule has 1 N–H and O–H groups in total. The van der Waals surface area contributed by atoms with Crippen LogP contribution in [0, 0.1) is 11.3 Å². The summed E-state index contributed by atoms with van der Waals surface area (Å²) in [5.74, 6) is 0. The molecule has 0 aromatic heterocycles. The highest BCUT2D eigenvalue weighted by molar-refractivity contribution is 5.45. The Bertz CT molecular complexity index is 363. The van der Waals surface area contributed by atoms with Gasteiger partial charge < -0.3 is 5.32 Å². The molecule has 1 aromatic rings. The molecule has 1 aliphatic heterocycles. The Balaban J connectivity index is 2.56. The Kier molecular flexibility index (Phi) is 2.03. The molecule has 0 aliphatic carbocycles. The molecule has 0 spiro atoms. The highest BCUT2D eigenvalue weighted by Gasteiger charge is 2.17. The number of nitrogens with zero attached hydrogens (tertiary/aromatic N) is 1. The minimum atomic E-state index is 0.386. The minimum absolute atomic E-state index is 0.386. The molecular weight excluding hydrogens is 160 g/mol. The Hall–Kier alpha value is -1.33. The van der Waals surface area contributed by atoms with Crippen LogP contribution in [0.1, 0.15) is 29.7 Å². The van der Waals surface area contributed by atoms with E-state index in [0.29, 0.717) is 6.04 Å². The number of hydrogen-bond acceptors (Lipinski definition) is 2. The average molecular weight is 172 g/mol. The van der Waals surface area contributed by atoms with Crippen LogP contribution in [0.4, 0.5) is 0 Å². The van der Waals surface area contributed by atoms with Crippen molar-refractivity contribution in [3.8, 4) is 6.07 Å². The van der Waals surface area contributed by atoms with Crippen LogP contribution in [0.3, 0.4) is 0 Å². The molecule has 2 rings (SSSR count). The van der Waals surface area contributed by atoms with Crippen LogP contribution < -0.4 is 5.32 Å². The first kappa shape index (κ1) is 8.28. The van der Waals surface area contributed by atoms with E-state index in [4.69, 9.17) is 5.26 Å². The molecule has 0 fully saturated rings. The average Bonchev–Trinajstić information content (AvgIpc) is 2.18. The number of nitriles is 1. The van der Waals surface area contributed by atoms with Gasteiger partial charge in [-0.1, -0.05) is 12.1 Å². The van der Waals surface area contributed by atoms with E-state index in [2.05, 4.69) is 24.4 Å². The van der Waals surface area contributed by atoms with Crippen LogP contribution in [0.5, 0.6) is 0 Å². The van der Waals surface area contributed by atoms with Crippen LogP contribution >= 0.6 is 0 Å². The minimum Gasteiger partial charge on any atom is -0.310 e. The fourth-order valence-electron chi connectivity index (χ4n) is 1.92. The molecule has 2 heteroatoms. The second-order valence-electron chi connectivity index (χ2n) is 3.41. The Morgan fingerprint density at radius 3 is 3.15 bits per heavy atom. The molecule has 2 nitrogen and oxygen atoms in total. The molecule has 13 heavy (non-hydrogen) atoms. The van der Waals surface area contributed by atoms with Gasteiger partial charge in [0.15, 0.2) is 0 Å². The van der Waals surface area contributed by atoms with Gasteiger partial charge in [0.05, 0.1) is 11.6 Å². The lowest BCUT2D eigenvalue weighted by atomic mass is 9.92.